The van der Waals surface area contributed by atoms with E-state index in [0.29, 0.717) is 30.0 Å². The Bertz CT molecular complexity index is 685. The Balaban J connectivity index is 1.88. The van der Waals surface area contributed by atoms with Crippen molar-refractivity contribution in [3.8, 4) is 11.5 Å². The molecule has 0 bridgehead atoms. The number of carbonyl (C=O) groups excluding carboxylic acids is 1. The first-order valence-corrected chi connectivity index (χ1v) is 8.37. The van der Waals surface area contributed by atoms with Crippen LogP contribution in [0, 0.1) is 5.92 Å². The minimum absolute atomic E-state index is 0.0177. The maximum Gasteiger partial charge on any atom is 0.211 e. The van der Waals surface area contributed by atoms with E-state index in [4.69, 9.17) is 4.74 Å². The maximum absolute atomic E-state index is 10.5. The zero-order valence-electron chi connectivity index (χ0n) is 14.6. The lowest BCUT2D eigenvalue weighted by atomic mass is 9.93. The summed E-state index contributed by atoms with van der Waals surface area (Å²) in [7, 11) is 1.65. The van der Waals surface area contributed by atoms with Crippen LogP contribution < -0.4 is 10.1 Å². The molecular weight excluding hydrogens is 318 g/mol. The van der Waals surface area contributed by atoms with Crippen LogP contribution in [-0.4, -0.2) is 23.7 Å². The topological polar surface area (TPSA) is 78.8 Å². The fourth-order valence-electron chi connectivity index (χ4n) is 2.82. The van der Waals surface area contributed by atoms with Gasteiger partial charge < -0.3 is 20.3 Å². The highest BCUT2D eigenvalue weighted by Gasteiger charge is 2.13. The summed E-state index contributed by atoms with van der Waals surface area (Å²) in [6, 6.07) is 12.8. The first kappa shape index (κ1) is 18.8. The number of amides is 1. The van der Waals surface area contributed by atoms with Crippen molar-refractivity contribution in [3.63, 3.8) is 0 Å². The Hall–Kier alpha value is -2.53. The van der Waals surface area contributed by atoms with E-state index in [0.717, 1.165) is 18.6 Å². The molecule has 0 saturated heterocycles. The fourth-order valence-corrected chi connectivity index (χ4v) is 2.82. The highest BCUT2D eigenvalue weighted by Crippen LogP contribution is 2.29. The second-order valence-electron chi connectivity index (χ2n) is 6.29. The van der Waals surface area contributed by atoms with Gasteiger partial charge in [-0.25, -0.2) is 0 Å². The van der Waals surface area contributed by atoms with E-state index in [1.54, 1.807) is 19.2 Å². The number of nitrogens with one attached hydrogen (secondary N) is 1. The Kier molecular flexibility index (Phi) is 6.83. The minimum Gasteiger partial charge on any atom is -0.506 e. The van der Waals surface area contributed by atoms with Crippen LogP contribution in [0.25, 0.3) is 0 Å². The molecule has 2 atom stereocenters. The minimum atomic E-state index is -0.633. The zero-order valence-corrected chi connectivity index (χ0v) is 14.6. The number of hydrogen-bond acceptors (Lipinski definition) is 4. The van der Waals surface area contributed by atoms with Gasteiger partial charge in [0.1, 0.15) is 11.5 Å². The number of carbonyl (C=O) groups is 1. The van der Waals surface area contributed by atoms with Gasteiger partial charge in [-0.2, -0.15) is 0 Å². The Labute approximate surface area is 148 Å². The quantitative estimate of drug-likeness (QED) is 0.479. The number of ether oxygens (including phenoxy) is 1. The highest BCUT2D eigenvalue weighted by atomic mass is 16.5. The molecule has 0 fully saturated rings. The average molecular weight is 343 g/mol. The number of aliphatic hydroxyl groups is 1. The summed E-state index contributed by atoms with van der Waals surface area (Å²) in [6.45, 7) is 2.16. The average Bonchev–Trinajstić information content (AvgIpc) is 2.62. The number of anilines is 1. The van der Waals surface area contributed by atoms with E-state index in [1.807, 2.05) is 12.1 Å². The molecule has 0 aliphatic carbocycles. The molecule has 25 heavy (non-hydrogen) atoms. The molecule has 0 aromatic heterocycles. The molecule has 0 heterocycles. The predicted molar refractivity (Wildman–Crippen MR) is 97.8 cm³/mol. The number of methoxy groups -OCH3 is 1. The van der Waals surface area contributed by atoms with Crippen LogP contribution in [0.4, 0.5) is 5.69 Å². The normalized spacial score (nSPS) is 13.1. The molecule has 0 aliphatic heterocycles. The molecule has 134 valence electrons. The zero-order chi connectivity index (χ0) is 18.2. The first-order chi connectivity index (χ1) is 12.0. The van der Waals surface area contributed by atoms with Gasteiger partial charge in [-0.15, -0.1) is 0 Å². The second-order valence-corrected chi connectivity index (χ2v) is 6.29. The highest BCUT2D eigenvalue weighted by molar-refractivity contribution is 5.75. The number of aliphatic hydroxyl groups excluding tert-OH is 1. The molecule has 0 aliphatic rings. The number of hydrogen-bond donors (Lipinski definition) is 3. The lowest BCUT2D eigenvalue weighted by Crippen LogP contribution is -2.05. The van der Waals surface area contributed by atoms with E-state index in [1.165, 1.54) is 11.6 Å². The van der Waals surface area contributed by atoms with E-state index < -0.39 is 6.10 Å². The third kappa shape index (κ3) is 5.50. The maximum atomic E-state index is 10.5. The van der Waals surface area contributed by atoms with Gasteiger partial charge in [-0.3, -0.25) is 4.79 Å². The predicted octanol–water partition coefficient (Wildman–Crippen LogP) is 3.66. The SMILES string of the molecule is COc1ccc(C[C@@H](C)CC[C@H](O)c2ccc(O)c(NC=O)c2)cc1. The van der Waals surface area contributed by atoms with Gasteiger partial charge in [0, 0.05) is 0 Å². The van der Waals surface area contributed by atoms with Crippen molar-refractivity contribution in [2.75, 3.05) is 12.4 Å². The molecule has 2 aromatic carbocycles. The van der Waals surface area contributed by atoms with Crippen LogP contribution in [0.1, 0.15) is 37.0 Å². The van der Waals surface area contributed by atoms with Crippen molar-refractivity contribution in [1.82, 2.24) is 0 Å². The van der Waals surface area contributed by atoms with Crippen LogP contribution in [0.3, 0.4) is 0 Å². The van der Waals surface area contributed by atoms with Gasteiger partial charge in [0.05, 0.1) is 18.9 Å². The third-order valence-electron chi connectivity index (χ3n) is 4.30. The molecule has 0 radical (unpaired) electrons. The van der Waals surface area contributed by atoms with E-state index in [2.05, 4.69) is 24.4 Å². The molecule has 5 nitrogen and oxygen atoms in total. The number of rotatable bonds is 9. The number of benzene rings is 2. The van der Waals surface area contributed by atoms with Crippen LogP contribution in [0.15, 0.2) is 42.5 Å². The van der Waals surface area contributed by atoms with E-state index in [-0.39, 0.29) is 5.75 Å². The number of aromatic hydroxyl groups is 1. The number of phenols is 1. The summed E-state index contributed by atoms with van der Waals surface area (Å²) >= 11 is 0. The standard InChI is InChI=1S/C20H25NO4/c1-14(11-15-4-7-17(25-2)8-5-15)3-9-19(23)16-6-10-20(24)18(12-16)21-13-22/h4-8,10,12-14,19,23-24H,3,9,11H2,1-2H3,(H,21,22)/t14-,19-/m0/s1. The second kappa shape index (κ2) is 9.08. The van der Waals surface area contributed by atoms with E-state index in [9.17, 15) is 15.0 Å². The number of phenolic OH excluding ortho intramolecular Hbond substituents is 1. The van der Waals surface area contributed by atoms with Crippen molar-refractivity contribution >= 4 is 12.1 Å². The molecular formula is C20H25NO4. The monoisotopic (exact) mass is 343 g/mol. The summed E-state index contributed by atoms with van der Waals surface area (Å²) in [5, 5.41) is 22.5. The van der Waals surface area contributed by atoms with Gasteiger partial charge in [0.2, 0.25) is 6.41 Å². The van der Waals surface area contributed by atoms with Crippen molar-refractivity contribution in [2.45, 2.75) is 32.3 Å². The molecule has 0 saturated carbocycles. The summed E-state index contributed by atoms with van der Waals surface area (Å²) in [5.74, 6) is 1.25. The smallest absolute Gasteiger partial charge is 0.211 e. The molecule has 0 unspecified atom stereocenters. The lowest BCUT2D eigenvalue weighted by molar-refractivity contribution is -0.105. The summed E-state index contributed by atoms with van der Waals surface area (Å²) < 4.78 is 5.16. The molecule has 0 spiro atoms. The molecule has 2 rings (SSSR count). The summed E-state index contributed by atoms with van der Waals surface area (Å²) in [5.41, 5.74) is 2.22. The van der Waals surface area contributed by atoms with Gasteiger partial charge in [-0.1, -0.05) is 25.1 Å². The Morgan fingerprint density at radius 2 is 1.88 bits per heavy atom. The van der Waals surface area contributed by atoms with Crippen molar-refractivity contribution < 1.29 is 19.7 Å². The van der Waals surface area contributed by atoms with E-state index >= 15 is 0 Å². The Morgan fingerprint density at radius 1 is 1.16 bits per heavy atom. The summed E-state index contributed by atoms with van der Waals surface area (Å²) in [4.78, 5) is 10.5. The van der Waals surface area contributed by atoms with Gasteiger partial charge in [-0.05, 0) is 60.6 Å². The van der Waals surface area contributed by atoms with Crippen molar-refractivity contribution in [2.24, 2.45) is 5.92 Å². The lowest BCUT2D eigenvalue weighted by Gasteiger charge is -2.16. The van der Waals surface area contributed by atoms with Crippen LogP contribution in [0.5, 0.6) is 11.5 Å². The largest absolute Gasteiger partial charge is 0.506 e. The van der Waals surface area contributed by atoms with Gasteiger partial charge in [0.25, 0.3) is 0 Å². The first-order valence-electron chi connectivity index (χ1n) is 8.37. The molecule has 5 heteroatoms. The van der Waals surface area contributed by atoms with Crippen LogP contribution >= 0.6 is 0 Å². The Morgan fingerprint density at radius 3 is 2.52 bits per heavy atom. The van der Waals surface area contributed by atoms with Crippen molar-refractivity contribution in [1.29, 1.82) is 0 Å². The van der Waals surface area contributed by atoms with Crippen LogP contribution in [-0.2, 0) is 11.2 Å². The molecule has 3 N–H and O–H groups in total. The van der Waals surface area contributed by atoms with Gasteiger partial charge in [0.15, 0.2) is 0 Å². The molecule has 2 aromatic rings. The fraction of sp³-hybridized carbons (Fsp3) is 0.350. The third-order valence-corrected chi connectivity index (χ3v) is 4.30. The van der Waals surface area contributed by atoms with Crippen LogP contribution in [0.2, 0.25) is 0 Å². The van der Waals surface area contributed by atoms with Gasteiger partial charge >= 0.3 is 0 Å². The molecule has 1 amide bonds. The van der Waals surface area contributed by atoms with Crippen molar-refractivity contribution in [3.05, 3.63) is 53.6 Å². The summed E-state index contributed by atoms with van der Waals surface area (Å²) in [6.07, 6.45) is 2.28.